The second-order valence-corrected chi connectivity index (χ2v) is 5.58. The largest absolute Gasteiger partial charge is 0.313 e. The normalized spacial score (nSPS) is 11.0. The minimum Gasteiger partial charge on any atom is -0.313 e. The number of benzene rings is 1. The van der Waals surface area contributed by atoms with Gasteiger partial charge in [-0.3, -0.25) is 4.79 Å². The summed E-state index contributed by atoms with van der Waals surface area (Å²) < 4.78 is 1.60. The molecule has 1 N–H and O–H groups in total. The molecule has 0 saturated carbocycles. The third-order valence-electron chi connectivity index (χ3n) is 3.22. The van der Waals surface area contributed by atoms with Crippen molar-refractivity contribution in [2.24, 2.45) is 5.92 Å². The van der Waals surface area contributed by atoms with Crippen LogP contribution in [-0.4, -0.2) is 16.3 Å². The highest BCUT2D eigenvalue weighted by Gasteiger charge is 2.10. The molecule has 0 aliphatic carbocycles. The van der Waals surface area contributed by atoms with E-state index in [1.54, 1.807) is 4.68 Å². The van der Waals surface area contributed by atoms with E-state index in [1.165, 1.54) is 0 Å². The zero-order valence-corrected chi connectivity index (χ0v) is 13.0. The van der Waals surface area contributed by atoms with Crippen LogP contribution in [0.1, 0.15) is 26.3 Å². The molecule has 0 unspecified atom stereocenters. The number of nitrogens with zero attached hydrogens (tertiary/aromatic N) is 2. The van der Waals surface area contributed by atoms with E-state index in [0.717, 1.165) is 23.4 Å². The SMILES string of the molecule is CCNCc1cc(-c2ccccc2)nn(CC(C)C)c1=O. The lowest BCUT2D eigenvalue weighted by molar-refractivity contribution is 0.461. The highest BCUT2D eigenvalue weighted by atomic mass is 16.1. The monoisotopic (exact) mass is 285 g/mol. The van der Waals surface area contributed by atoms with E-state index in [2.05, 4.69) is 24.3 Å². The summed E-state index contributed by atoms with van der Waals surface area (Å²) in [7, 11) is 0. The summed E-state index contributed by atoms with van der Waals surface area (Å²) in [6.07, 6.45) is 0. The van der Waals surface area contributed by atoms with Crippen LogP contribution in [0.4, 0.5) is 0 Å². The lowest BCUT2D eigenvalue weighted by Crippen LogP contribution is -2.30. The summed E-state index contributed by atoms with van der Waals surface area (Å²) in [5.74, 6) is 0.383. The first-order valence-electron chi connectivity index (χ1n) is 7.49. The maximum absolute atomic E-state index is 12.5. The van der Waals surface area contributed by atoms with Crippen molar-refractivity contribution in [2.75, 3.05) is 6.54 Å². The number of hydrogen-bond acceptors (Lipinski definition) is 3. The molecule has 112 valence electrons. The second-order valence-electron chi connectivity index (χ2n) is 5.58. The van der Waals surface area contributed by atoms with Crippen LogP contribution in [0.3, 0.4) is 0 Å². The number of aromatic nitrogens is 2. The molecule has 1 aromatic carbocycles. The first-order chi connectivity index (χ1) is 10.1. The van der Waals surface area contributed by atoms with Crippen LogP contribution in [0, 0.1) is 5.92 Å². The Morgan fingerprint density at radius 1 is 1.24 bits per heavy atom. The van der Waals surface area contributed by atoms with Gasteiger partial charge < -0.3 is 5.32 Å². The van der Waals surface area contributed by atoms with Gasteiger partial charge >= 0.3 is 0 Å². The zero-order valence-electron chi connectivity index (χ0n) is 13.0. The molecule has 0 fully saturated rings. The molecule has 21 heavy (non-hydrogen) atoms. The molecule has 0 bridgehead atoms. The van der Waals surface area contributed by atoms with E-state index in [0.29, 0.717) is 19.0 Å². The molecule has 0 spiro atoms. The minimum absolute atomic E-state index is 0.00401. The van der Waals surface area contributed by atoms with E-state index < -0.39 is 0 Å². The lowest BCUT2D eigenvalue weighted by atomic mass is 10.1. The molecule has 0 aliphatic heterocycles. The van der Waals surface area contributed by atoms with E-state index >= 15 is 0 Å². The summed E-state index contributed by atoms with van der Waals surface area (Å²) in [4.78, 5) is 12.5. The fourth-order valence-corrected chi connectivity index (χ4v) is 2.20. The van der Waals surface area contributed by atoms with Crippen LogP contribution in [0.5, 0.6) is 0 Å². The van der Waals surface area contributed by atoms with Gasteiger partial charge in [-0.1, -0.05) is 51.1 Å². The summed E-state index contributed by atoms with van der Waals surface area (Å²) in [6.45, 7) is 8.27. The minimum atomic E-state index is 0.00401. The Balaban J connectivity index is 2.48. The van der Waals surface area contributed by atoms with Crippen molar-refractivity contribution in [3.8, 4) is 11.3 Å². The van der Waals surface area contributed by atoms with Crippen molar-refractivity contribution in [3.05, 3.63) is 52.3 Å². The van der Waals surface area contributed by atoms with Gasteiger partial charge in [0.15, 0.2) is 0 Å². The molecule has 1 aromatic heterocycles. The molecule has 1 heterocycles. The molecule has 4 nitrogen and oxygen atoms in total. The van der Waals surface area contributed by atoms with Crippen LogP contribution in [0.2, 0.25) is 0 Å². The van der Waals surface area contributed by atoms with E-state index in [1.807, 2.05) is 43.3 Å². The molecule has 0 amide bonds. The molecular formula is C17H23N3O. The summed E-state index contributed by atoms with van der Waals surface area (Å²) in [6, 6.07) is 11.9. The average molecular weight is 285 g/mol. The number of nitrogens with one attached hydrogen (secondary N) is 1. The summed E-state index contributed by atoms with van der Waals surface area (Å²) in [5.41, 5.74) is 2.66. The van der Waals surface area contributed by atoms with Gasteiger partial charge in [0, 0.05) is 24.2 Å². The third-order valence-corrected chi connectivity index (χ3v) is 3.22. The molecule has 0 saturated heterocycles. The van der Waals surface area contributed by atoms with Crippen LogP contribution in [0.15, 0.2) is 41.2 Å². The highest BCUT2D eigenvalue weighted by Crippen LogP contribution is 2.16. The van der Waals surface area contributed by atoms with Gasteiger partial charge in [-0.25, -0.2) is 4.68 Å². The second kappa shape index (κ2) is 7.18. The first-order valence-corrected chi connectivity index (χ1v) is 7.49. The number of rotatable bonds is 6. The standard InChI is InChI=1S/C17H23N3O/c1-4-18-11-15-10-16(14-8-6-5-7-9-14)19-20(17(15)21)12-13(2)3/h5-10,13,18H,4,11-12H2,1-3H3. The van der Waals surface area contributed by atoms with Gasteiger partial charge in [0.05, 0.1) is 5.69 Å². The maximum Gasteiger partial charge on any atom is 0.271 e. The van der Waals surface area contributed by atoms with Crippen molar-refractivity contribution in [1.29, 1.82) is 0 Å². The Hall–Kier alpha value is -1.94. The van der Waals surface area contributed by atoms with Gasteiger partial charge in [0.2, 0.25) is 0 Å². The summed E-state index contributed by atoms with van der Waals surface area (Å²) in [5, 5.41) is 7.75. The quantitative estimate of drug-likeness (QED) is 0.887. The van der Waals surface area contributed by atoms with Crippen molar-refractivity contribution < 1.29 is 0 Å². The third kappa shape index (κ3) is 4.02. The van der Waals surface area contributed by atoms with Gasteiger partial charge in [-0.15, -0.1) is 0 Å². The van der Waals surface area contributed by atoms with Crippen LogP contribution >= 0.6 is 0 Å². The Morgan fingerprint density at radius 2 is 1.95 bits per heavy atom. The number of hydrogen-bond donors (Lipinski definition) is 1. The van der Waals surface area contributed by atoms with Crippen LogP contribution in [0.25, 0.3) is 11.3 Å². The summed E-state index contributed by atoms with van der Waals surface area (Å²) >= 11 is 0. The molecule has 4 heteroatoms. The Morgan fingerprint density at radius 3 is 2.57 bits per heavy atom. The Labute approximate surface area is 125 Å². The first kappa shape index (κ1) is 15.4. The van der Waals surface area contributed by atoms with Gasteiger partial charge in [0.1, 0.15) is 0 Å². The topological polar surface area (TPSA) is 46.9 Å². The van der Waals surface area contributed by atoms with E-state index in [4.69, 9.17) is 0 Å². The fourth-order valence-electron chi connectivity index (χ4n) is 2.20. The van der Waals surface area contributed by atoms with Gasteiger partial charge in [-0.2, -0.15) is 5.10 Å². The average Bonchev–Trinajstić information content (AvgIpc) is 2.48. The van der Waals surface area contributed by atoms with Gasteiger partial charge in [-0.05, 0) is 18.5 Å². The van der Waals surface area contributed by atoms with Crippen molar-refractivity contribution in [1.82, 2.24) is 15.1 Å². The predicted molar refractivity (Wildman–Crippen MR) is 86.2 cm³/mol. The molecule has 0 radical (unpaired) electrons. The fraction of sp³-hybridized carbons (Fsp3) is 0.412. The van der Waals surface area contributed by atoms with E-state index in [9.17, 15) is 4.79 Å². The highest BCUT2D eigenvalue weighted by molar-refractivity contribution is 5.58. The maximum atomic E-state index is 12.5. The molecule has 0 aliphatic rings. The predicted octanol–water partition coefficient (Wildman–Crippen LogP) is 2.68. The van der Waals surface area contributed by atoms with Crippen LogP contribution < -0.4 is 10.9 Å². The Kier molecular flexibility index (Phi) is 5.28. The van der Waals surface area contributed by atoms with Crippen molar-refractivity contribution in [3.63, 3.8) is 0 Å². The molecular weight excluding hydrogens is 262 g/mol. The van der Waals surface area contributed by atoms with Crippen molar-refractivity contribution >= 4 is 0 Å². The van der Waals surface area contributed by atoms with Gasteiger partial charge in [0.25, 0.3) is 5.56 Å². The Bertz CT molecular complexity index is 632. The molecule has 2 aromatic rings. The van der Waals surface area contributed by atoms with Crippen molar-refractivity contribution in [2.45, 2.75) is 33.9 Å². The zero-order chi connectivity index (χ0) is 15.2. The molecule has 0 atom stereocenters. The van der Waals surface area contributed by atoms with Crippen LogP contribution in [-0.2, 0) is 13.1 Å². The van der Waals surface area contributed by atoms with E-state index in [-0.39, 0.29) is 5.56 Å². The lowest BCUT2D eigenvalue weighted by Gasteiger charge is -2.12. The smallest absolute Gasteiger partial charge is 0.271 e. The molecule has 2 rings (SSSR count).